The number of ether oxygens (including phenoxy) is 1. The first-order valence-corrected chi connectivity index (χ1v) is 6.89. The Labute approximate surface area is 102 Å². The van der Waals surface area contributed by atoms with Crippen LogP contribution in [0.15, 0.2) is 0 Å². The lowest BCUT2D eigenvalue weighted by Crippen LogP contribution is -2.40. The lowest BCUT2D eigenvalue weighted by Gasteiger charge is -2.32. The van der Waals surface area contributed by atoms with Gasteiger partial charge in [0.05, 0.1) is 12.7 Å². The zero-order valence-corrected chi connectivity index (χ0v) is 11.5. The molecule has 1 aliphatic rings. The third kappa shape index (κ3) is 5.85. The Balaban J connectivity index is 2.07. The van der Waals surface area contributed by atoms with E-state index in [-0.39, 0.29) is 0 Å². The van der Waals surface area contributed by atoms with E-state index >= 15 is 0 Å². The fourth-order valence-corrected chi connectivity index (χ4v) is 2.04. The maximum Gasteiger partial charge on any atom is 0.0599 e. The summed E-state index contributed by atoms with van der Waals surface area (Å²) in [6, 6.07) is 0. The SMILES string of the molecule is CN(C)CCN1CCC(OCCBr)CC1. The Morgan fingerprint density at radius 2 is 2.00 bits per heavy atom. The molecule has 4 heteroatoms. The van der Waals surface area contributed by atoms with Gasteiger partial charge in [0.15, 0.2) is 0 Å². The maximum absolute atomic E-state index is 5.72. The summed E-state index contributed by atoms with van der Waals surface area (Å²) in [6.07, 6.45) is 2.89. The second-order valence-corrected chi connectivity index (χ2v) is 5.20. The minimum atomic E-state index is 0.498. The van der Waals surface area contributed by atoms with Crippen LogP contribution in [-0.4, -0.2) is 68.1 Å². The van der Waals surface area contributed by atoms with Crippen molar-refractivity contribution in [3.63, 3.8) is 0 Å². The molecule has 15 heavy (non-hydrogen) atoms. The van der Waals surface area contributed by atoms with Gasteiger partial charge in [-0.15, -0.1) is 0 Å². The fraction of sp³-hybridized carbons (Fsp3) is 1.00. The quantitative estimate of drug-likeness (QED) is 0.684. The third-order valence-electron chi connectivity index (χ3n) is 2.83. The van der Waals surface area contributed by atoms with Gasteiger partial charge >= 0.3 is 0 Å². The minimum absolute atomic E-state index is 0.498. The van der Waals surface area contributed by atoms with E-state index in [0.29, 0.717) is 6.10 Å². The van der Waals surface area contributed by atoms with Crippen molar-refractivity contribution in [3.05, 3.63) is 0 Å². The average molecular weight is 279 g/mol. The Hall–Kier alpha value is 0.360. The fourth-order valence-electron chi connectivity index (χ4n) is 1.85. The van der Waals surface area contributed by atoms with Crippen LogP contribution < -0.4 is 0 Å². The summed E-state index contributed by atoms with van der Waals surface area (Å²) < 4.78 is 5.72. The summed E-state index contributed by atoms with van der Waals surface area (Å²) in [4.78, 5) is 4.78. The van der Waals surface area contributed by atoms with E-state index in [1.165, 1.54) is 32.5 Å². The normalized spacial score (nSPS) is 20.0. The van der Waals surface area contributed by atoms with Gasteiger partial charge in [-0.3, -0.25) is 0 Å². The third-order valence-corrected chi connectivity index (χ3v) is 3.15. The monoisotopic (exact) mass is 278 g/mol. The first-order valence-electron chi connectivity index (χ1n) is 5.77. The number of halogens is 1. The predicted octanol–water partition coefficient (Wildman–Crippen LogP) is 1.42. The number of likely N-dealkylation sites (tertiary alicyclic amines) is 1. The van der Waals surface area contributed by atoms with Crippen molar-refractivity contribution in [2.24, 2.45) is 0 Å². The number of piperidine rings is 1. The summed E-state index contributed by atoms with van der Waals surface area (Å²) in [7, 11) is 4.26. The van der Waals surface area contributed by atoms with Crippen LogP contribution in [0.5, 0.6) is 0 Å². The van der Waals surface area contributed by atoms with Crippen molar-refractivity contribution in [1.29, 1.82) is 0 Å². The molecule has 0 aliphatic carbocycles. The highest BCUT2D eigenvalue weighted by molar-refractivity contribution is 9.09. The first kappa shape index (κ1) is 13.4. The smallest absolute Gasteiger partial charge is 0.0599 e. The summed E-state index contributed by atoms with van der Waals surface area (Å²) in [5.74, 6) is 0. The lowest BCUT2D eigenvalue weighted by atomic mass is 10.1. The van der Waals surface area contributed by atoms with Crippen LogP contribution in [0.25, 0.3) is 0 Å². The molecule has 1 rings (SSSR count). The Bertz CT molecular complexity index is 159. The number of rotatable bonds is 6. The van der Waals surface area contributed by atoms with Gasteiger partial charge in [0, 0.05) is 31.5 Å². The topological polar surface area (TPSA) is 15.7 Å². The van der Waals surface area contributed by atoms with Crippen LogP contribution in [0, 0.1) is 0 Å². The number of likely N-dealkylation sites (N-methyl/N-ethyl adjacent to an activating group) is 1. The Morgan fingerprint density at radius 1 is 1.33 bits per heavy atom. The molecular weight excluding hydrogens is 256 g/mol. The molecule has 3 nitrogen and oxygen atoms in total. The van der Waals surface area contributed by atoms with Crippen LogP contribution >= 0.6 is 15.9 Å². The van der Waals surface area contributed by atoms with Crippen molar-refractivity contribution in [3.8, 4) is 0 Å². The summed E-state index contributed by atoms with van der Waals surface area (Å²) in [5, 5.41) is 0.952. The van der Waals surface area contributed by atoms with E-state index in [1.54, 1.807) is 0 Å². The van der Waals surface area contributed by atoms with E-state index in [2.05, 4.69) is 39.8 Å². The van der Waals surface area contributed by atoms with Crippen molar-refractivity contribution < 1.29 is 4.74 Å². The van der Waals surface area contributed by atoms with Crippen molar-refractivity contribution in [2.45, 2.75) is 18.9 Å². The second kappa shape index (κ2) is 7.60. The number of hydrogen-bond donors (Lipinski definition) is 0. The van der Waals surface area contributed by atoms with Crippen molar-refractivity contribution in [2.75, 3.05) is 52.2 Å². The molecule has 1 aliphatic heterocycles. The highest BCUT2D eigenvalue weighted by Gasteiger charge is 2.18. The Morgan fingerprint density at radius 3 is 2.53 bits per heavy atom. The standard InChI is InChI=1S/C11H23BrN2O/c1-13(2)8-9-14-6-3-11(4-7-14)15-10-5-12/h11H,3-10H2,1-2H3. The van der Waals surface area contributed by atoms with Crippen LogP contribution in [0.2, 0.25) is 0 Å². The lowest BCUT2D eigenvalue weighted by molar-refractivity contribution is 0.0149. The molecule has 0 atom stereocenters. The van der Waals surface area contributed by atoms with Crippen LogP contribution in [0.4, 0.5) is 0 Å². The molecule has 0 unspecified atom stereocenters. The molecule has 1 saturated heterocycles. The number of hydrogen-bond acceptors (Lipinski definition) is 3. The molecule has 0 aromatic carbocycles. The van der Waals surface area contributed by atoms with Crippen LogP contribution in [0.3, 0.4) is 0 Å². The van der Waals surface area contributed by atoms with Gasteiger partial charge in [0.25, 0.3) is 0 Å². The predicted molar refractivity (Wildman–Crippen MR) is 67.8 cm³/mol. The van der Waals surface area contributed by atoms with Crippen LogP contribution in [-0.2, 0) is 4.74 Å². The number of alkyl halides is 1. The molecule has 0 amide bonds. The van der Waals surface area contributed by atoms with Gasteiger partial charge in [-0.1, -0.05) is 15.9 Å². The zero-order chi connectivity index (χ0) is 11.1. The number of nitrogens with zero attached hydrogens (tertiary/aromatic N) is 2. The van der Waals surface area contributed by atoms with E-state index in [1.807, 2.05) is 0 Å². The van der Waals surface area contributed by atoms with Gasteiger partial charge in [0.1, 0.15) is 0 Å². The highest BCUT2D eigenvalue weighted by atomic mass is 79.9. The van der Waals surface area contributed by atoms with Crippen molar-refractivity contribution >= 4 is 15.9 Å². The highest BCUT2D eigenvalue weighted by Crippen LogP contribution is 2.13. The second-order valence-electron chi connectivity index (χ2n) is 4.40. The Kier molecular flexibility index (Phi) is 6.81. The van der Waals surface area contributed by atoms with E-state index in [4.69, 9.17) is 4.74 Å². The van der Waals surface area contributed by atoms with Gasteiger partial charge in [0.2, 0.25) is 0 Å². The van der Waals surface area contributed by atoms with Gasteiger partial charge in [-0.2, -0.15) is 0 Å². The molecule has 0 saturated carbocycles. The summed E-state index contributed by atoms with van der Waals surface area (Å²) in [5.41, 5.74) is 0. The van der Waals surface area contributed by atoms with Gasteiger partial charge < -0.3 is 14.5 Å². The van der Waals surface area contributed by atoms with Crippen molar-refractivity contribution in [1.82, 2.24) is 9.80 Å². The summed E-state index contributed by atoms with van der Waals surface area (Å²) in [6.45, 7) is 5.59. The molecule has 90 valence electrons. The first-order chi connectivity index (χ1) is 7.22. The molecule has 1 heterocycles. The molecule has 1 fully saturated rings. The molecule has 0 spiro atoms. The molecule has 0 radical (unpaired) electrons. The molecular formula is C11H23BrN2O. The van der Waals surface area contributed by atoms with Crippen LogP contribution in [0.1, 0.15) is 12.8 Å². The maximum atomic E-state index is 5.72. The van der Waals surface area contributed by atoms with Gasteiger partial charge in [-0.05, 0) is 26.9 Å². The molecule has 0 bridgehead atoms. The van der Waals surface area contributed by atoms with Gasteiger partial charge in [-0.25, -0.2) is 0 Å². The van der Waals surface area contributed by atoms with E-state index in [9.17, 15) is 0 Å². The molecule has 0 aromatic heterocycles. The summed E-state index contributed by atoms with van der Waals surface area (Å²) >= 11 is 3.39. The average Bonchev–Trinajstić information content (AvgIpc) is 2.25. The van der Waals surface area contributed by atoms with E-state index < -0.39 is 0 Å². The molecule has 0 aromatic rings. The molecule has 0 N–H and O–H groups in total. The zero-order valence-electron chi connectivity index (χ0n) is 9.91. The van der Waals surface area contributed by atoms with E-state index in [0.717, 1.165) is 18.5 Å². The minimum Gasteiger partial charge on any atom is -0.377 e. The largest absolute Gasteiger partial charge is 0.377 e.